The summed E-state index contributed by atoms with van der Waals surface area (Å²) in [5.41, 5.74) is 8.99. The van der Waals surface area contributed by atoms with E-state index in [1.807, 2.05) is 37.3 Å². The highest BCUT2D eigenvalue weighted by atomic mass is 16.5. The highest BCUT2D eigenvalue weighted by molar-refractivity contribution is 5.96. The molecular formula is C17H20N2O2. The minimum absolute atomic E-state index is 0.0947. The number of anilines is 1. The number of hydrogen-bond donors (Lipinski definition) is 2. The van der Waals surface area contributed by atoms with Gasteiger partial charge in [0.1, 0.15) is 5.75 Å². The minimum Gasteiger partial charge on any atom is -0.497 e. The zero-order chi connectivity index (χ0) is 15.2. The Hall–Kier alpha value is -2.49. The second-order valence-electron chi connectivity index (χ2n) is 4.93. The second kappa shape index (κ2) is 6.79. The summed E-state index contributed by atoms with van der Waals surface area (Å²) in [6.45, 7) is 2.47. The number of rotatable bonds is 5. The summed E-state index contributed by atoms with van der Waals surface area (Å²) in [5, 5.41) is 2.92. The van der Waals surface area contributed by atoms with E-state index in [0.717, 1.165) is 23.3 Å². The maximum absolute atomic E-state index is 12.1. The molecule has 2 rings (SSSR count). The van der Waals surface area contributed by atoms with Gasteiger partial charge in [0, 0.05) is 17.8 Å². The van der Waals surface area contributed by atoms with Gasteiger partial charge in [0.05, 0.1) is 7.11 Å². The molecule has 0 aliphatic carbocycles. The van der Waals surface area contributed by atoms with E-state index >= 15 is 0 Å². The molecule has 0 radical (unpaired) electrons. The Morgan fingerprint density at radius 2 is 2.05 bits per heavy atom. The Balaban J connectivity index is 1.93. The summed E-state index contributed by atoms with van der Waals surface area (Å²) in [6.07, 6.45) is 0.754. The molecule has 0 unspecified atom stereocenters. The molecule has 21 heavy (non-hydrogen) atoms. The Kier molecular flexibility index (Phi) is 4.82. The number of amides is 1. The van der Waals surface area contributed by atoms with Crippen LogP contribution in [-0.4, -0.2) is 19.6 Å². The molecule has 0 aliphatic rings. The van der Waals surface area contributed by atoms with Crippen LogP contribution in [0.3, 0.4) is 0 Å². The lowest BCUT2D eigenvalue weighted by atomic mass is 10.1. The van der Waals surface area contributed by atoms with Gasteiger partial charge in [0.2, 0.25) is 0 Å². The molecule has 4 heteroatoms. The lowest BCUT2D eigenvalue weighted by Crippen LogP contribution is -2.26. The molecule has 2 aromatic carbocycles. The molecule has 0 aromatic heterocycles. The summed E-state index contributed by atoms with van der Waals surface area (Å²) in [5.74, 6) is 0.730. The van der Waals surface area contributed by atoms with Gasteiger partial charge in [-0.3, -0.25) is 4.79 Å². The maximum atomic E-state index is 12.1. The summed E-state index contributed by atoms with van der Waals surface area (Å²) in [7, 11) is 1.64. The minimum atomic E-state index is -0.0947. The Labute approximate surface area is 124 Å². The average Bonchev–Trinajstić information content (AvgIpc) is 2.49. The van der Waals surface area contributed by atoms with Crippen molar-refractivity contribution in [3.05, 3.63) is 59.2 Å². The number of nitrogens with two attached hydrogens (primary N) is 1. The van der Waals surface area contributed by atoms with Gasteiger partial charge >= 0.3 is 0 Å². The molecule has 0 spiro atoms. The third kappa shape index (κ3) is 3.99. The molecule has 0 atom stereocenters. The molecule has 2 aromatic rings. The van der Waals surface area contributed by atoms with E-state index in [9.17, 15) is 4.79 Å². The van der Waals surface area contributed by atoms with Crippen LogP contribution in [0, 0.1) is 6.92 Å². The summed E-state index contributed by atoms with van der Waals surface area (Å²) in [6, 6.07) is 13.2. The van der Waals surface area contributed by atoms with E-state index in [2.05, 4.69) is 5.32 Å². The molecule has 0 bridgehead atoms. The number of aryl methyl sites for hydroxylation is 1. The van der Waals surface area contributed by atoms with Crippen LogP contribution in [0.4, 0.5) is 5.69 Å². The summed E-state index contributed by atoms with van der Waals surface area (Å²) >= 11 is 0. The zero-order valence-corrected chi connectivity index (χ0v) is 12.3. The standard InChI is InChI=1S/C17H20N2O2/c1-12-6-7-14(18)11-16(12)17(20)19-9-8-13-4-3-5-15(10-13)21-2/h3-7,10-11H,8-9,18H2,1-2H3,(H,19,20). The van der Waals surface area contributed by atoms with Gasteiger partial charge in [-0.2, -0.15) is 0 Å². The molecule has 0 fully saturated rings. The van der Waals surface area contributed by atoms with Gasteiger partial charge < -0.3 is 15.8 Å². The average molecular weight is 284 g/mol. The van der Waals surface area contributed by atoms with Gasteiger partial charge in [0.15, 0.2) is 0 Å². The predicted octanol–water partition coefficient (Wildman–Crippen LogP) is 2.56. The number of nitrogen functional groups attached to an aromatic ring is 1. The first-order valence-electron chi connectivity index (χ1n) is 6.87. The number of hydrogen-bond acceptors (Lipinski definition) is 3. The van der Waals surface area contributed by atoms with Crippen molar-refractivity contribution in [1.29, 1.82) is 0 Å². The lowest BCUT2D eigenvalue weighted by Gasteiger charge is -2.09. The normalized spacial score (nSPS) is 10.2. The summed E-state index contributed by atoms with van der Waals surface area (Å²) < 4.78 is 5.18. The molecular weight excluding hydrogens is 264 g/mol. The molecule has 0 aliphatic heterocycles. The van der Waals surface area contributed by atoms with Crippen LogP contribution in [0.15, 0.2) is 42.5 Å². The smallest absolute Gasteiger partial charge is 0.251 e. The van der Waals surface area contributed by atoms with Crippen LogP contribution < -0.4 is 15.8 Å². The largest absolute Gasteiger partial charge is 0.497 e. The third-order valence-corrected chi connectivity index (χ3v) is 3.34. The van der Waals surface area contributed by atoms with Crippen molar-refractivity contribution < 1.29 is 9.53 Å². The van der Waals surface area contributed by atoms with Crippen molar-refractivity contribution in [2.75, 3.05) is 19.4 Å². The van der Waals surface area contributed by atoms with E-state index in [4.69, 9.17) is 10.5 Å². The Morgan fingerprint density at radius 3 is 2.81 bits per heavy atom. The zero-order valence-electron chi connectivity index (χ0n) is 12.3. The van der Waals surface area contributed by atoms with Crippen LogP contribution in [0.1, 0.15) is 21.5 Å². The van der Waals surface area contributed by atoms with E-state index < -0.39 is 0 Å². The molecule has 0 saturated carbocycles. The van der Waals surface area contributed by atoms with Crippen molar-refractivity contribution in [2.45, 2.75) is 13.3 Å². The number of ether oxygens (including phenoxy) is 1. The Morgan fingerprint density at radius 1 is 1.24 bits per heavy atom. The van der Waals surface area contributed by atoms with E-state index in [1.54, 1.807) is 19.2 Å². The Bertz CT molecular complexity index is 638. The van der Waals surface area contributed by atoms with Crippen molar-refractivity contribution in [2.24, 2.45) is 0 Å². The highest BCUT2D eigenvalue weighted by Crippen LogP contribution is 2.14. The summed E-state index contributed by atoms with van der Waals surface area (Å²) in [4.78, 5) is 12.1. The lowest BCUT2D eigenvalue weighted by molar-refractivity contribution is 0.0953. The fourth-order valence-electron chi connectivity index (χ4n) is 2.13. The van der Waals surface area contributed by atoms with Crippen molar-refractivity contribution >= 4 is 11.6 Å². The van der Waals surface area contributed by atoms with Gasteiger partial charge in [-0.05, 0) is 48.7 Å². The van der Waals surface area contributed by atoms with Crippen LogP contribution in [0.2, 0.25) is 0 Å². The molecule has 4 nitrogen and oxygen atoms in total. The quantitative estimate of drug-likeness (QED) is 0.829. The first kappa shape index (κ1) is 14.9. The number of benzene rings is 2. The molecule has 3 N–H and O–H groups in total. The van der Waals surface area contributed by atoms with Crippen LogP contribution in [-0.2, 0) is 6.42 Å². The van der Waals surface area contributed by atoms with Gasteiger partial charge in [-0.25, -0.2) is 0 Å². The maximum Gasteiger partial charge on any atom is 0.251 e. The second-order valence-corrected chi connectivity index (χ2v) is 4.93. The number of methoxy groups -OCH3 is 1. The SMILES string of the molecule is COc1cccc(CCNC(=O)c2cc(N)ccc2C)c1. The number of carbonyl (C=O) groups is 1. The first-order valence-corrected chi connectivity index (χ1v) is 6.87. The van der Waals surface area contributed by atoms with Crippen LogP contribution >= 0.6 is 0 Å². The third-order valence-electron chi connectivity index (χ3n) is 3.34. The fraction of sp³-hybridized carbons (Fsp3) is 0.235. The number of nitrogens with one attached hydrogen (secondary N) is 1. The molecule has 0 heterocycles. The molecule has 110 valence electrons. The molecule has 0 saturated heterocycles. The first-order chi connectivity index (χ1) is 10.1. The van der Waals surface area contributed by atoms with Gasteiger partial charge in [-0.1, -0.05) is 18.2 Å². The van der Waals surface area contributed by atoms with E-state index in [0.29, 0.717) is 17.8 Å². The van der Waals surface area contributed by atoms with Crippen LogP contribution in [0.5, 0.6) is 5.75 Å². The van der Waals surface area contributed by atoms with E-state index in [-0.39, 0.29) is 5.91 Å². The van der Waals surface area contributed by atoms with Gasteiger partial charge in [-0.15, -0.1) is 0 Å². The van der Waals surface area contributed by atoms with Crippen molar-refractivity contribution in [3.63, 3.8) is 0 Å². The fourth-order valence-corrected chi connectivity index (χ4v) is 2.13. The molecule has 1 amide bonds. The topological polar surface area (TPSA) is 64.3 Å². The van der Waals surface area contributed by atoms with Gasteiger partial charge in [0.25, 0.3) is 5.91 Å². The highest BCUT2D eigenvalue weighted by Gasteiger charge is 2.08. The monoisotopic (exact) mass is 284 g/mol. The predicted molar refractivity (Wildman–Crippen MR) is 84.6 cm³/mol. The number of carbonyl (C=O) groups excluding carboxylic acids is 1. The van der Waals surface area contributed by atoms with Crippen molar-refractivity contribution in [1.82, 2.24) is 5.32 Å². The van der Waals surface area contributed by atoms with E-state index in [1.165, 1.54) is 0 Å². The van der Waals surface area contributed by atoms with Crippen LogP contribution in [0.25, 0.3) is 0 Å². The van der Waals surface area contributed by atoms with Crippen molar-refractivity contribution in [3.8, 4) is 5.75 Å².